The van der Waals surface area contributed by atoms with E-state index in [1.807, 2.05) is 30.3 Å². The van der Waals surface area contributed by atoms with Crippen LogP contribution in [0.4, 0.5) is 0 Å². The Bertz CT molecular complexity index is 1050. The molecular weight excluding hydrogens is 308 g/mol. The summed E-state index contributed by atoms with van der Waals surface area (Å²) >= 11 is 0. The lowest BCUT2D eigenvalue weighted by atomic mass is 10.2. The Balaban J connectivity index is 1.87. The third kappa shape index (κ3) is 2.11. The molecule has 0 aliphatic carbocycles. The number of aromatic nitrogens is 4. The highest BCUT2D eigenvalue weighted by Crippen LogP contribution is 2.26. The lowest BCUT2D eigenvalue weighted by molar-refractivity contribution is 0.0649. The highest BCUT2D eigenvalue weighted by atomic mass is 16.5. The Kier molecular flexibility index (Phi) is 3.06. The number of carboxylic acids is 1. The van der Waals surface area contributed by atoms with Gasteiger partial charge in [-0.15, -0.1) is 5.10 Å². The number of benzene rings is 2. The van der Waals surface area contributed by atoms with E-state index in [2.05, 4.69) is 10.3 Å². The molecule has 0 bridgehead atoms. The molecule has 0 aliphatic heterocycles. The zero-order chi connectivity index (χ0) is 16.7. The molecular formula is C17H12N4O3. The molecule has 0 spiro atoms. The Morgan fingerprint density at radius 2 is 1.83 bits per heavy atom. The first-order valence-corrected chi connectivity index (χ1v) is 7.20. The van der Waals surface area contributed by atoms with Gasteiger partial charge in [0, 0.05) is 10.9 Å². The van der Waals surface area contributed by atoms with E-state index < -0.39 is 5.97 Å². The summed E-state index contributed by atoms with van der Waals surface area (Å²) in [6.45, 7) is 0. The van der Waals surface area contributed by atoms with Crippen molar-refractivity contribution in [1.82, 2.24) is 19.7 Å². The maximum atomic E-state index is 11.2. The molecule has 0 radical (unpaired) electrons. The molecule has 2 N–H and O–H groups in total. The first-order valence-electron chi connectivity index (χ1n) is 7.20. The van der Waals surface area contributed by atoms with Gasteiger partial charge in [-0.05, 0) is 18.2 Å². The molecule has 0 unspecified atom stereocenters. The Labute approximate surface area is 136 Å². The summed E-state index contributed by atoms with van der Waals surface area (Å²) in [4.78, 5) is 11.2. The largest absolute Gasteiger partial charge is 0.476 e. The van der Waals surface area contributed by atoms with E-state index in [4.69, 9.17) is 5.11 Å². The predicted molar refractivity (Wildman–Crippen MR) is 86.4 cm³/mol. The van der Waals surface area contributed by atoms with Gasteiger partial charge in [0.25, 0.3) is 0 Å². The van der Waals surface area contributed by atoms with Gasteiger partial charge in [-0.25, -0.2) is 9.48 Å². The number of aromatic carboxylic acids is 1. The molecule has 4 rings (SSSR count). The van der Waals surface area contributed by atoms with E-state index in [-0.39, 0.29) is 5.69 Å². The van der Waals surface area contributed by atoms with Crippen LogP contribution < -0.4 is 0 Å². The average molecular weight is 320 g/mol. The van der Waals surface area contributed by atoms with Crippen LogP contribution in [0.3, 0.4) is 0 Å². The van der Waals surface area contributed by atoms with Gasteiger partial charge in [-0.2, -0.15) is 4.73 Å². The van der Waals surface area contributed by atoms with Crippen molar-refractivity contribution in [1.29, 1.82) is 0 Å². The summed E-state index contributed by atoms with van der Waals surface area (Å²) in [5, 5.41) is 28.0. The second-order valence-electron chi connectivity index (χ2n) is 5.27. The van der Waals surface area contributed by atoms with Crippen molar-refractivity contribution in [2.45, 2.75) is 0 Å². The minimum absolute atomic E-state index is 0.208. The number of carbonyl (C=O) groups is 1. The molecule has 0 atom stereocenters. The zero-order valence-electron chi connectivity index (χ0n) is 12.4. The first kappa shape index (κ1) is 14.0. The molecule has 0 aliphatic rings. The molecule has 2 heterocycles. The van der Waals surface area contributed by atoms with E-state index in [9.17, 15) is 10.0 Å². The molecule has 2 aromatic heterocycles. The lowest BCUT2D eigenvalue weighted by Crippen LogP contribution is -2.04. The van der Waals surface area contributed by atoms with Crippen LogP contribution in [-0.2, 0) is 0 Å². The Hall–Kier alpha value is -3.61. The third-order valence-electron chi connectivity index (χ3n) is 3.83. The third-order valence-corrected chi connectivity index (χ3v) is 3.83. The molecule has 118 valence electrons. The molecule has 0 fully saturated rings. The number of nitrogens with zero attached hydrogens (tertiary/aromatic N) is 4. The van der Waals surface area contributed by atoms with Crippen molar-refractivity contribution in [2.75, 3.05) is 0 Å². The fourth-order valence-electron chi connectivity index (χ4n) is 2.68. The zero-order valence-corrected chi connectivity index (χ0v) is 12.4. The smallest absolute Gasteiger partial charge is 0.356 e. The maximum absolute atomic E-state index is 11.2. The minimum atomic E-state index is -1.21. The molecule has 0 saturated carbocycles. The topological polar surface area (TPSA) is 93.2 Å². The van der Waals surface area contributed by atoms with Crippen molar-refractivity contribution in [3.63, 3.8) is 0 Å². The number of rotatable bonds is 3. The monoisotopic (exact) mass is 320 g/mol. The van der Waals surface area contributed by atoms with Crippen molar-refractivity contribution < 1.29 is 15.1 Å². The van der Waals surface area contributed by atoms with Gasteiger partial charge in [-0.3, -0.25) is 0 Å². The lowest BCUT2D eigenvalue weighted by Gasteiger charge is -2.02. The predicted octanol–water partition coefficient (Wildman–Crippen LogP) is 2.82. The first-order chi connectivity index (χ1) is 11.6. The van der Waals surface area contributed by atoms with E-state index in [0.29, 0.717) is 27.0 Å². The fraction of sp³-hybridized carbons (Fsp3) is 0. The summed E-state index contributed by atoms with van der Waals surface area (Å²) < 4.78 is 2.23. The van der Waals surface area contributed by atoms with Gasteiger partial charge in [-0.1, -0.05) is 41.6 Å². The Morgan fingerprint density at radius 1 is 1.04 bits per heavy atom. The van der Waals surface area contributed by atoms with Crippen LogP contribution in [0.25, 0.3) is 27.8 Å². The Morgan fingerprint density at radius 3 is 2.58 bits per heavy atom. The van der Waals surface area contributed by atoms with Gasteiger partial charge in [0.15, 0.2) is 5.69 Å². The maximum Gasteiger partial charge on any atom is 0.356 e. The molecule has 7 nitrogen and oxygen atoms in total. The second kappa shape index (κ2) is 5.24. The van der Waals surface area contributed by atoms with Crippen LogP contribution in [0.15, 0.2) is 60.8 Å². The van der Waals surface area contributed by atoms with Crippen LogP contribution in [0.1, 0.15) is 10.5 Å². The van der Waals surface area contributed by atoms with Crippen LogP contribution in [0, 0.1) is 0 Å². The molecule has 7 heteroatoms. The number of carboxylic acid groups (broad SMARTS) is 1. The SMILES string of the molecule is O=C(O)c1cc2c(-n3cc(-c4ccccc4)nn3)cccc2n1O. The van der Waals surface area contributed by atoms with Gasteiger partial charge in [0.1, 0.15) is 5.69 Å². The summed E-state index contributed by atoms with van der Waals surface area (Å²) in [5.74, 6) is -1.21. The van der Waals surface area contributed by atoms with Crippen LogP contribution in [0.5, 0.6) is 0 Å². The highest BCUT2D eigenvalue weighted by molar-refractivity contribution is 5.97. The molecule has 0 saturated heterocycles. The normalized spacial score (nSPS) is 11.0. The molecule has 2 aromatic carbocycles. The van der Waals surface area contributed by atoms with E-state index in [1.54, 1.807) is 29.1 Å². The standard InChI is InChI=1S/C17H12N4O3/c22-17(23)16-9-12-14(7-4-8-15(12)21(16)24)20-10-13(18-19-20)11-5-2-1-3-6-11/h1-10,24H,(H,22,23). The van der Waals surface area contributed by atoms with E-state index in [1.165, 1.54) is 6.07 Å². The molecule has 24 heavy (non-hydrogen) atoms. The van der Waals surface area contributed by atoms with Crippen molar-refractivity contribution in [3.8, 4) is 16.9 Å². The van der Waals surface area contributed by atoms with E-state index >= 15 is 0 Å². The quantitative estimate of drug-likeness (QED) is 0.566. The number of fused-ring (bicyclic) bond motifs is 1. The van der Waals surface area contributed by atoms with Gasteiger partial charge in [0.05, 0.1) is 17.4 Å². The van der Waals surface area contributed by atoms with Crippen LogP contribution in [-0.4, -0.2) is 36.0 Å². The minimum Gasteiger partial charge on any atom is -0.476 e. The average Bonchev–Trinajstić information content (AvgIpc) is 3.21. The van der Waals surface area contributed by atoms with E-state index in [0.717, 1.165) is 5.56 Å². The van der Waals surface area contributed by atoms with Crippen molar-refractivity contribution in [2.24, 2.45) is 0 Å². The fourth-order valence-corrected chi connectivity index (χ4v) is 2.68. The summed E-state index contributed by atoms with van der Waals surface area (Å²) in [6, 6.07) is 16.2. The molecule has 4 aromatic rings. The second-order valence-corrected chi connectivity index (χ2v) is 5.27. The van der Waals surface area contributed by atoms with Gasteiger partial charge >= 0.3 is 5.97 Å². The summed E-state index contributed by atoms with van der Waals surface area (Å²) in [7, 11) is 0. The number of hydrogen-bond donors (Lipinski definition) is 2. The van der Waals surface area contributed by atoms with Crippen molar-refractivity contribution in [3.05, 3.63) is 66.5 Å². The van der Waals surface area contributed by atoms with Gasteiger partial charge in [0.2, 0.25) is 0 Å². The van der Waals surface area contributed by atoms with Crippen LogP contribution in [0.2, 0.25) is 0 Å². The van der Waals surface area contributed by atoms with Crippen LogP contribution >= 0.6 is 0 Å². The van der Waals surface area contributed by atoms with Crippen molar-refractivity contribution >= 4 is 16.9 Å². The van der Waals surface area contributed by atoms with Gasteiger partial charge < -0.3 is 10.3 Å². The highest BCUT2D eigenvalue weighted by Gasteiger charge is 2.17. The summed E-state index contributed by atoms with van der Waals surface area (Å²) in [5.41, 5.74) is 2.45. The molecule has 0 amide bonds. The number of hydrogen-bond acceptors (Lipinski definition) is 4. The summed E-state index contributed by atoms with van der Waals surface area (Å²) in [6.07, 6.45) is 1.76.